The molecule has 2 aliphatic rings. The van der Waals surface area contributed by atoms with Crippen molar-refractivity contribution in [2.24, 2.45) is 0 Å². The summed E-state index contributed by atoms with van der Waals surface area (Å²) in [6, 6.07) is 3.47. The number of carbonyl (C=O) groups excluding carboxylic acids is 3. The summed E-state index contributed by atoms with van der Waals surface area (Å²) in [5.74, 6) is -0.552. The highest BCUT2D eigenvalue weighted by Gasteiger charge is 2.45. The fourth-order valence-corrected chi connectivity index (χ4v) is 6.09. The molecule has 0 bridgehead atoms. The maximum atomic E-state index is 13.5. The van der Waals surface area contributed by atoms with Gasteiger partial charge in [-0.2, -0.15) is 0 Å². The molecule has 1 fully saturated rings. The number of imide groups is 1. The Labute approximate surface area is 166 Å². The van der Waals surface area contributed by atoms with E-state index in [9.17, 15) is 14.4 Å². The second kappa shape index (κ2) is 6.53. The molecule has 0 radical (unpaired) electrons. The largest absolute Gasteiger partial charge is 0.292 e. The fourth-order valence-electron chi connectivity index (χ4n) is 4.20. The Balaban J connectivity index is 1.88. The lowest BCUT2D eigenvalue weighted by Gasteiger charge is -2.21. The van der Waals surface area contributed by atoms with Crippen molar-refractivity contribution >= 4 is 51.4 Å². The number of aryl methyl sites for hydroxylation is 4. The van der Waals surface area contributed by atoms with Crippen molar-refractivity contribution < 1.29 is 14.4 Å². The summed E-state index contributed by atoms with van der Waals surface area (Å²) in [4.78, 5) is 43.8. The van der Waals surface area contributed by atoms with Crippen LogP contribution in [0.15, 0.2) is 12.1 Å². The molecule has 2 amide bonds. The van der Waals surface area contributed by atoms with Gasteiger partial charge in [-0.15, -0.1) is 22.7 Å². The van der Waals surface area contributed by atoms with E-state index < -0.39 is 6.04 Å². The van der Waals surface area contributed by atoms with Crippen molar-refractivity contribution in [1.82, 2.24) is 4.90 Å². The van der Waals surface area contributed by atoms with E-state index in [4.69, 9.17) is 0 Å². The number of hydrogen-bond acceptors (Lipinski definition) is 5. The number of likely N-dealkylation sites (tertiary alicyclic amines) is 1. The molecule has 1 atom stereocenters. The monoisotopic (exact) mass is 399 g/mol. The van der Waals surface area contributed by atoms with E-state index in [1.54, 1.807) is 22.7 Å². The molecule has 0 N–H and O–H groups in total. The van der Waals surface area contributed by atoms with Crippen molar-refractivity contribution in [3.8, 4) is 0 Å². The van der Waals surface area contributed by atoms with Gasteiger partial charge in [-0.25, -0.2) is 0 Å². The number of carbonyl (C=O) groups is 3. The molecule has 6 heteroatoms. The molecule has 27 heavy (non-hydrogen) atoms. The number of nitrogens with zero attached hydrogens (tertiary/aromatic N) is 1. The van der Waals surface area contributed by atoms with Crippen LogP contribution >= 0.6 is 22.7 Å². The molecule has 2 aromatic heterocycles. The van der Waals surface area contributed by atoms with E-state index in [0.29, 0.717) is 12.0 Å². The minimum atomic E-state index is -0.697. The molecule has 2 aromatic rings. The number of rotatable bonds is 3. The van der Waals surface area contributed by atoms with Gasteiger partial charge in [0.2, 0.25) is 11.8 Å². The van der Waals surface area contributed by atoms with Gasteiger partial charge in [-0.05, 0) is 56.5 Å². The Morgan fingerprint density at radius 1 is 0.852 bits per heavy atom. The Hall–Kier alpha value is -2.05. The fraction of sp³-hybridized carbons (Fsp3) is 0.381. The summed E-state index contributed by atoms with van der Waals surface area (Å²) >= 11 is 3.38. The van der Waals surface area contributed by atoms with Crippen molar-refractivity contribution in [2.45, 2.75) is 53.0 Å². The lowest BCUT2D eigenvalue weighted by molar-refractivity contribution is -0.144. The maximum absolute atomic E-state index is 13.5. The van der Waals surface area contributed by atoms with Gasteiger partial charge in [0, 0.05) is 44.3 Å². The van der Waals surface area contributed by atoms with Crippen LogP contribution in [0.2, 0.25) is 0 Å². The van der Waals surface area contributed by atoms with Gasteiger partial charge >= 0.3 is 0 Å². The smallest absolute Gasteiger partial charge is 0.230 e. The van der Waals surface area contributed by atoms with Gasteiger partial charge in [0.25, 0.3) is 0 Å². The lowest BCUT2D eigenvalue weighted by atomic mass is 9.97. The topological polar surface area (TPSA) is 54.5 Å². The predicted octanol–water partition coefficient (Wildman–Crippen LogP) is 4.44. The standard InChI is InChI=1S/C21H21NO3S2/c1-10-7-14(12(3)26-10)16-9-17(22-18(23)5-6-19(22)24)21(25)20(16)15-8-11(2)27-13(15)4/h7-8,17H,5-6,9H2,1-4H3. The van der Waals surface area contributed by atoms with Crippen LogP contribution in [-0.2, 0) is 14.4 Å². The number of ketones is 1. The minimum Gasteiger partial charge on any atom is -0.292 e. The molecule has 0 spiro atoms. The first-order chi connectivity index (χ1) is 12.8. The van der Waals surface area contributed by atoms with Crippen LogP contribution in [0.1, 0.15) is 49.9 Å². The van der Waals surface area contributed by atoms with Gasteiger partial charge in [0.1, 0.15) is 6.04 Å². The van der Waals surface area contributed by atoms with Crippen LogP contribution in [0.3, 0.4) is 0 Å². The molecular formula is C21H21NO3S2. The number of hydrogen-bond donors (Lipinski definition) is 0. The van der Waals surface area contributed by atoms with E-state index in [1.165, 1.54) is 9.78 Å². The zero-order chi connectivity index (χ0) is 19.5. The molecule has 1 aliphatic carbocycles. The predicted molar refractivity (Wildman–Crippen MR) is 109 cm³/mol. The summed E-state index contributed by atoms with van der Waals surface area (Å²) in [5, 5.41) is 0. The molecule has 0 saturated carbocycles. The van der Waals surface area contributed by atoms with Gasteiger partial charge in [0.15, 0.2) is 5.78 Å². The summed E-state index contributed by atoms with van der Waals surface area (Å²) in [6.07, 6.45) is 0.831. The third-order valence-corrected chi connectivity index (χ3v) is 7.26. The number of Topliss-reactive ketones (excluding diaryl/α,β-unsaturated/α-hetero) is 1. The Morgan fingerprint density at radius 3 is 1.85 bits per heavy atom. The van der Waals surface area contributed by atoms with Gasteiger partial charge in [-0.3, -0.25) is 19.3 Å². The van der Waals surface area contributed by atoms with Gasteiger partial charge in [0.05, 0.1) is 0 Å². The molecular weight excluding hydrogens is 378 g/mol. The summed E-state index contributed by atoms with van der Waals surface area (Å²) in [7, 11) is 0. The normalized spacial score (nSPS) is 20.5. The number of thiophene rings is 2. The second-order valence-corrected chi connectivity index (χ2v) is 10.2. The second-order valence-electron chi connectivity index (χ2n) is 7.25. The molecule has 3 heterocycles. The van der Waals surface area contributed by atoms with Gasteiger partial charge < -0.3 is 0 Å². The minimum absolute atomic E-state index is 0.0993. The van der Waals surface area contributed by atoms with E-state index in [-0.39, 0.29) is 30.4 Å². The van der Waals surface area contributed by atoms with E-state index in [2.05, 4.69) is 26.0 Å². The van der Waals surface area contributed by atoms with Crippen LogP contribution in [0.5, 0.6) is 0 Å². The molecule has 140 valence electrons. The molecule has 1 saturated heterocycles. The maximum Gasteiger partial charge on any atom is 0.230 e. The van der Waals surface area contributed by atoms with E-state index in [1.807, 2.05) is 13.8 Å². The van der Waals surface area contributed by atoms with Crippen LogP contribution in [0.25, 0.3) is 11.1 Å². The molecule has 0 aromatic carbocycles. The summed E-state index contributed by atoms with van der Waals surface area (Å²) < 4.78 is 0. The molecule has 4 nitrogen and oxygen atoms in total. The summed E-state index contributed by atoms with van der Waals surface area (Å²) in [6.45, 7) is 8.18. The van der Waals surface area contributed by atoms with Crippen LogP contribution in [0.4, 0.5) is 0 Å². The third-order valence-electron chi connectivity index (χ3n) is 5.33. The average Bonchev–Trinajstić information content (AvgIpc) is 3.28. The molecule has 1 aliphatic heterocycles. The first-order valence-electron chi connectivity index (χ1n) is 9.05. The average molecular weight is 400 g/mol. The Bertz CT molecular complexity index is 1010. The van der Waals surface area contributed by atoms with Crippen molar-refractivity contribution in [2.75, 3.05) is 0 Å². The highest BCUT2D eigenvalue weighted by molar-refractivity contribution is 7.12. The molecule has 1 unspecified atom stereocenters. The number of amides is 2. The highest BCUT2D eigenvalue weighted by Crippen LogP contribution is 2.45. The first-order valence-corrected chi connectivity index (χ1v) is 10.7. The van der Waals surface area contributed by atoms with Crippen molar-refractivity contribution in [1.29, 1.82) is 0 Å². The lowest BCUT2D eigenvalue weighted by Crippen LogP contribution is -2.42. The van der Waals surface area contributed by atoms with Crippen LogP contribution in [0, 0.1) is 27.7 Å². The zero-order valence-corrected chi connectivity index (χ0v) is 17.5. The van der Waals surface area contributed by atoms with Gasteiger partial charge in [-0.1, -0.05) is 0 Å². The zero-order valence-electron chi connectivity index (χ0n) is 15.8. The van der Waals surface area contributed by atoms with Crippen molar-refractivity contribution in [3.05, 3.63) is 42.8 Å². The first kappa shape index (κ1) is 18.3. The van der Waals surface area contributed by atoms with Crippen LogP contribution < -0.4 is 0 Å². The quantitative estimate of drug-likeness (QED) is 0.717. The van der Waals surface area contributed by atoms with Crippen molar-refractivity contribution in [3.63, 3.8) is 0 Å². The third kappa shape index (κ3) is 2.91. The molecule has 4 rings (SSSR count). The highest BCUT2D eigenvalue weighted by atomic mass is 32.1. The SMILES string of the molecule is Cc1cc(C2=C(c3cc(C)sc3C)C(=O)C(N3C(=O)CCC3=O)C2)c(C)s1. The van der Waals surface area contributed by atoms with E-state index in [0.717, 1.165) is 31.3 Å². The Kier molecular flexibility index (Phi) is 4.43. The van der Waals surface area contributed by atoms with E-state index >= 15 is 0 Å². The Morgan fingerprint density at radius 2 is 1.37 bits per heavy atom. The summed E-state index contributed by atoms with van der Waals surface area (Å²) in [5.41, 5.74) is 3.68. The van der Waals surface area contributed by atoms with Crippen LogP contribution in [-0.4, -0.2) is 28.5 Å².